The summed E-state index contributed by atoms with van der Waals surface area (Å²) in [4.78, 5) is 0. The lowest BCUT2D eigenvalue weighted by Gasteiger charge is -2.12. The molecule has 1 heterocycles. The molecule has 0 aliphatic heterocycles. The van der Waals surface area contributed by atoms with Crippen LogP contribution in [0.3, 0.4) is 0 Å². The van der Waals surface area contributed by atoms with Gasteiger partial charge in [0.15, 0.2) is 0 Å². The molecule has 1 heteroatoms. The number of nitrogens with zero attached hydrogens (tertiary/aromatic N) is 1. The molecule has 1 aromatic heterocycles. The standard InChI is InChI=1S/C42H29N/c1-26-27(2)43(38-17-15-34-20-30-9-5-6-10-31(30)22-37(34)23-38)42-24-36-14-13-35-21-33(16-18-39(35)41(36)25-40(26)42)32-12-11-28-7-3-4-8-29(28)19-32/h3-25H,1-2H3. The molecule has 0 bridgehead atoms. The largest absolute Gasteiger partial charge is 0.314 e. The zero-order valence-corrected chi connectivity index (χ0v) is 24.2. The molecule has 0 fully saturated rings. The highest BCUT2D eigenvalue weighted by atomic mass is 15.0. The zero-order chi connectivity index (χ0) is 28.7. The number of benzene rings is 8. The molecule has 202 valence electrons. The summed E-state index contributed by atoms with van der Waals surface area (Å²) < 4.78 is 2.44. The monoisotopic (exact) mass is 547 g/mol. The smallest absolute Gasteiger partial charge is 0.0540 e. The summed E-state index contributed by atoms with van der Waals surface area (Å²) in [6, 6.07) is 51.7. The third-order valence-corrected chi connectivity index (χ3v) is 9.50. The third-order valence-electron chi connectivity index (χ3n) is 9.50. The second-order valence-corrected chi connectivity index (χ2v) is 11.9. The van der Waals surface area contributed by atoms with Crippen LogP contribution in [0.25, 0.3) is 81.6 Å². The Morgan fingerprint density at radius 2 is 0.930 bits per heavy atom. The maximum atomic E-state index is 2.44. The Morgan fingerprint density at radius 3 is 1.70 bits per heavy atom. The summed E-state index contributed by atoms with van der Waals surface area (Å²) in [5.41, 5.74) is 7.59. The first-order valence-corrected chi connectivity index (χ1v) is 15.0. The Balaban J connectivity index is 1.20. The van der Waals surface area contributed by atoms with Gasteiger partial charge in [-0.25, -0.2) is 0 Å². The van der Waals surface area contributed by atoms with Crippen LogP contribution in [0.5, 0.6) is 0 Å². The van der Waals surface area contributed by atoms with Crippen molar-refractivity contribution in [3.63, 3.8) is 0 Å². The van der Waals surface area contributed by atoms with E-state index in [2.05, 4.69) is 158 Å². The first-order valence-electron chi connectivity index (χ1n) is 15.0. The second kappa shape index (κ2) is 9.05. The molecule has 0 radical (unpaired) electrons. The SMILES string of the molecule is Cc1c(C)n(-c2ccc3cc4ccccc4cc3c2)c2cc3ccc4cc(-c5ccc6ccccc6c5)ccc4c3cc12. The number of aryl methyl sites for hydroxylation is 1. The van der Waals surface area contributed by atoms with Crippen molar-refractivity contribution in [2.45, 2.75) is 13.8 Å². The quantitative estimate of drug-likeness (QED) is 0.150. The van der Waals surface area contributed by atoms with Crippen molar-refractivity contribution in [1.29, 1.82) is 0 Å². The van der Waals surface area contributed by atoms with Crippen molar-refractivity contribution in [3.05, 3.63) is 151 Å². The van der Waals surface area contributed by atoms with E-state index in [1.54, 1.807) is 0 Å². The molecule has 0 aliphatic carbocycles. The van der Waals surface area contributed by atoms with E-state index in [1.807, 2.05) is 0 Å². The van der Waals surface area contributed by atoms with Crippen molar-refractivity contribution in [2.24, 2.45) is 0 Å². The number of rotatable bonds is 2. The zero-order valence-electron chi connectivity index (χ0n) is 24.2. The van der Waals surface area contributed by atoms with Crippen molar-refractivity contribution in [2.75, 3.05) is 0 Å². The van der Waals surface area contributed by atoms with Gasteiger partial charge in [0.25, 0.3) is 0 Å². The predicted octanol–water partition coefficient (Wildman–Crippen LogP) is 11.7. The molecule has 9 rings (SSSR count). The Bertz CT molecular complexity index is 2580. The summed E-state index contributed by atoms with van der Waals surface area (Å²) >= 11 is 0. The van der Waals surface area contributed by atoms with Crippen LogP contribution in [0.1, 0.15) is 11.3 Å². The van der Waals surface area contributed by atoms with Crippen LogP contribution in [0.15, 0.2) is 140 Å². The molecule has 0 spiro atoms. The number of hydrogen-bond acceptors (Lipinski definition) is 0. The highest BCUT2D eigenvalue weighted by molar-refractivity contribution is 6.13. The van der Waals surface area contributed by atoms with Crippen LogP contribution >= 0.6 is 0 Å². The normalized spacial score (nSPS) is 12.0. The van der Waals surface area contributed by atoms with Crippen LogP contribution in [0.2, 0.25) is 0 Å². The molecule has 0 unspecified atom stereocenters. The lowest BCUT2D eigenvalue weighted by Crippen LogP contribution is -1.97. The van der Waals surface area contributed by atoms with Crippen molar-refractivity contribution < 1.29 is 0 Å². The summed E-state index contributed by atoms with van der Waals surface area (Å²) in [5.74, 6) is 0. The van der Waals surface area contributed by atoms with Gasteiger partial charge in [0, 0.05) is 16.8 Å². The van der Waals surface area contributed by atoms with E-state index in [0.717, 1.165) is 0 Å². The first-order chi connectivity index (χ1) is 21.1. The van der Waals surface area contributed by atoms with Gasteiger partial charge < -0.3 is 4.57 Å². The van der Waals surface area contributed by atoms with Crippen molar-refractivity contribution in [1.82, 2.24) is 4.57 Å². The van der Waals surface area contributed by atoms with Gasteiger partial charge in [0.1, 0.15) is 0 Å². The van der Waals surface area contributed by atoms with E-state index in [0.29, 0.717) is 0 Å². The summed E-state index contributed by atoms with van der Waals surface area (Å²) in [5, 5.41) is 14.1. The van der Waals surface area contributed by atoms with Gasteiger partial charge in [-0.1, -0.05) is 91.0 Å². The van der Waals surface area contributed by atoms with Crippen LogP contribution in [0.4, 0.5) is 0 Å². The average Bonchev–Trinajstić information content (AvgIpc) is 3.30. The highest BCUT2D eigenvalue weighted by Crippen LogP contribution is 2.37. The number of hydrogen-bond donors (Lipinski definition) is 0. The number of fused-ring (bicyclic) bond motifs is 7. The second-order valence-electron chi connectivity index (χ2n) is 11.9. The van der Waals surface area contributed by atoms with Crippen LogP contribution in [0, 0.1) is 13.8 Å². The van der Waals surface area contributed by atoms with E-state index in [-0.39, 0.29) is 0 Å². The van der Waals surface area contributed by atoms with E-state index >= 15 is 0 Å². The van der Waals surface area contributed by atoms with Gasteiger partial charge in [-0.15, -0.1) is 0 Å². The molecule has 0 atom stereocenters. The predicted molar refractivity (Wildman–Crippen MR) is 186 cm³/mol. The van der Waals surface area contributed by atoms with Crippen LogP contribution < -0.4 is 0 Å². The Hall–Kier alpha value is -5.40. The van der Waals surface area contributed by atoms with Gasteiger partial charge in [-0.3, -0.25) is 0 Å². The first kappa shape index (κ1) is 24.2. The molecule has 1 nitrogen and oxygen atoms in total. The summed E-state index contributed by atoms with van der Waals surface area (Å²) in [7, 11) is 0. The minimum absolute atomic E-state index is 1.21. The molecular formula is C42H29N. The molecule has 0 saturated carbocycles. The molecule has 8 aromatic carbocycles. The molecule has 0 saturated heterocycles. The minimum Gasteiger partial charge on any atom is -0.314 e. The third kappa shape index (κ3) is 3.72. The lowest BCUT2D eigenvalue weighted by molar-refractivity contribution is 1.04. The van der Waals surface area contributed by atoms with E-state index in [4.69, 9.17) is 0 Å². The van der Waals surface area contributed by atoms with Gasteiger partial charge in [0.2, 0.25) is 0 Å². The molecule has 43 heavy (non-hydrogen) atoms. The van der Waals surface area contributed by atoms with E-state index in [9.17, 15) is 0 Å². The topological polar surface area (TPSA) is 4.93 Å². The molecule has 0 aliphatic rings. The minimum atomic E-state index is 1.21. The summed E-state index contributed by atoms with van der Waals surface area (Å²) in [6.45, 7) is 4.51. The maximum Gasteiger partial charge on any atom is 0.0540 e. The fourth-order valence-electron chi connectivity index (χ4n) is 7.08. The fraction of sp³-hybridized carbons (Fsp3) is 0.0476. The van der Waals surface area contributed by atoms with Gasteiger partial charge in [-0.05, 0) is 133 Å². The molecule has 0 amide bonds. The van der Waals surface area contributed by atoms with Crippen LogP contribution in [-0.2, 0) is 0 Å². The lowest BCUT2D eigenvalue weighted by atomic mass is 9.95. The van der Waals surface area contributed by atoms with Gasteiger partial charge in [-0.2, -0.15) is 0 Å². The van der Waals surface area contributed by atoms with Gasteiger partial charge in [0.05, 0.1) is 5.52 Å². The highest BCUT2D eigenvalue weighted by Gasteiger charge is 2.15. The molecular weight excluding hydrogens is 518 g/mol. The molecule has 9 aromatic rings. The molecule has 0 N–H and O–H groups in total. The van der Waals surface area contributed by atoms with Gasteiger partial charge >= 0.3 is 0 Å². The summed E-state index contributed by atoms with van der Waals surface area (Å²) in [6.07, 6.45) is 0. The maximum absolute atomic E-state index is 2.44. The number of aromatic nitrogens is 1. The fourth-order valence-corrected chi connectivity index (χ4v) is 7.08. The van der Waals surface area contributed by atoms with E-state index in [1.165, 1.54) is 92.8 Å². The van der Waals surface area contributed by atoms with Crippen molar-refractivity contribution in [3.8, 4) is 16.8 Å². The Kier molecular flexibility index (Phi) is 5.10. The van der Waals surface area contributed by atoms with Crippen LogP contribution in [-0.4, -0.2) is 4.57 Å². The Morgan fingerprint density at radius 1 is 0.372 bits per heavy atom. The van der Waals surface area contributed by atoms with Crippen molar-refractivity contribution >= 4 is 64.8 Å². The average molecular weight is 548 g/mol. The van der Waals surface area contributed by atoms with E-state index < -0.39 is 0 Å². The Labute approximate surface area is 250 Å².